The van der Waals surface area contributed by atoms with Gasteiger partial charge in [0.05, 0.1) is 29.9 Å². The van der Waals surface area contributed by atoms with Gasteiger partial charge in [-0.15, -0.1) is 0 Å². The molecule has 2 heterocycles. The van der Waals surface area contributed by atoms with Crippen LogP contribution in [0, 0.1) is 0 Å². The zero-order valence-electron chi connectivity index (χ0n) is 11.0. The summed E-state index contributed by atoms with van der Waals surface area (Å²) < 4.78 is 13.4. The topological polar surface area (TPSA) is 100 Å². The van der Waals surface area contributed by atoms with Crippen molar-refractivity contribution < 1.29 is 19.4 Å². The Morgan fingerprint density at radius 3 is 2.90 bits per heavy atom. The quantitative estimate of drug-likeness (QED) is 0.899. The molecule has 1 aromatic carbocycles. The van der Waals surface area contributed by atoms with E-state index in [1.807, 2.05) is 0 Å². The monoisotopic (exact) mass is 307 g/mol. The van der Waals surface area contributed by atoms with Crippen LogP contribution < -0.4 is 5.32 Å². The number of rotatable bonds is 4. The van der Waals surface area contributed by atoms with E-state index in [4.69, 9.17) is 9.84 Å². The average Bonchev–Trinajstić information content (AvgIpc) is 3.06. The molecule has 1 aromatic rings. The van der Waals surface area contributed by atoms with E-state index in [0.29, 0.717) is 24.3 Å². The number of ether oxygens (including phenoxy) is 1. The van der Waals surface area contributed by atoms with Crippen molar-refractivity contribution >= 4 is 34.6 Å². The van der Waals surface area contributed by atoms with Gasteiger partial charge in [0.1, 0.15) is 11.4 Å². The molecule has 0 saturated carbocycles. The molecule has 0 spiro atoms. The number of nitrogens with zero attached hydrogens (tertiary/aromatic N) is 2. The lowest BCUT2D eigenvalue weighted by Gasteiger charge is -2.27. The number of carbonyl (C=O) groups is 2. The van der Waals surface area contributed by atoms with Crippen molar-refractivity contribution in [3.05, 3.63) is 23.8 Å². The number of fused-ring (bicyclic) bond motifs is 1. The second kappa shape index (κ2) is 5.38. The fraction of sp³-hybridized carbons (Fsp3) is 0.385. The van der Waals surface area contributed by atoms with Crippen LogP contribution >= 0.6 is 0 Å². The molecule has 110 valence electrons. The second-order valence-electron chi connectivity index (χ2n) is 5.08. The van der Waals surface area contributed by atoms with Crippen molar-refractivity contribution in [1.29, 1.82) is 0 Å². The highest BCUT2D eigenvalue weighted by molar-refractivity contribution is 7.58. The van der Waals surface area contributed by atoms with Crippen molar-refractivity contribution in [2.45, 2.75) is 18.4 Å². The lowest BCUT2D eigenvalue weighted by molar-refractivity contribution is -0.138. The predicted molar refractivity (Wildman–Crippen MR) is 75.9 cm³/mol. The fourth-order valence-electron chi connectivity index (χ4n) is 2.42. The minimum Gasteiger partial charge on any atom is -0.481 e. The Morgan fingerprint density at radius 1 is 1.38 bits per heavy atom. The molecule has 0 radical (unpaired) electrons. The van der Waals surface area contributed by atoms with Gasteiger partial charge >= 0.3 is 5.97 Å². The van der Waals surface area contributed by atoms with Crippen LogP contribution in [0.2, 0.25) is 0 Å². The van der Waals surface area contributed by atoms with Crippen LogP contribution in [0.25, 0.3) is 0 Å². The van der Waals surface area contributed by atoms with Crippen molar-refractivity contribution in [1.82, 2.24) is 5.32 Å². The van der Waals surface area contributed by atoms with Gasteiger partial charge in [0, 0.05) is 12.2 Å². The summed E-state index contributed by atoms with van der Waals surface area (Å²) >= 11 is 1.08. The molecular formula is C13H13N3O4S. The summed E-state index contributed by atoms with van der Waals surface area (Å²) in [5, 5.41) is 11.8. The zero-order chi connectivity index (χ0) is 14.9. The maximum Gasteiger partial charge on any atom is 0.305 e. The molecular weight excluding hydrogens is 294 g/mol. The molecule has 1 unspecified atom stereocenters. The predicted octanol–water partition coefficient (Wildman–Crippen LogP) is 1.78. The summed E-state index contributed by atoms with van der Waals surface area (Å²) in [5.41, 5.74) is 0.994. The second-order valence-corrected chi connectivity index (χ2v) is 5.60. The van der Waals surface area contributed by atoms with Crippen LogP contribution in [0.4, 0.5) is 11.4 Å². The Kier molecular flexibility index (Phi) is 3.56. The average molecular weight is 307 g/mol. The van der Waals surface area contributed by atoms with Crippen LogP contribution in [0.3, 0.4) is 0 Å². The highest BCUT2D eigenvalue weighted by Crippen LogP contribution is 2.32. The van der Waals surface area contributed by atoms with Crippen LogP contribution in [-0.4, -0.2) is 35.7 Å². The first-order chi connectivity index (χ1) is 10.1. The van der Waals surface area contributed by atoms with Gasteiger partial charge in [-0.2, -0.15) is 8.73 Å². The number of carboxylic acids is 1. The summed E-state index contributed by atoms with van der Waals surface area (Å²) in [7, 11) is 0. The first-order valence-electron chi connectivity index (χ1n) is 6.42. The molecule has 0 aliphatic carbocycles. The molecule has 1 fully saturated rings. The Labute approximate surface area is 124 Å². The van der Waals surface area contributed by atoms with E-state index in [1.54, 1.807) is 18.2 Å². The number of benzene rings is 1. The first-order valence-corrected chi connectivity index (χ1v) is 7.15. The van der Waals surface area contributed by atoms with Crippen molar-refractivity contribution in [2.75, 3.05) is 13.2 Å². The first kappa shape index (κ1) is 13.9. The standard InChI is InChI=1S/C13H13N3O4S/c17-11(18)6-13(3-4-20-7-13)14-12(19)8-1-2-9-10(5-8)16-21-15-9/h1-2,5H,3-4,6-7H2,(H,14,19)(H,17,18). The minimum absolute atomic E-state index is 0.154. The number of carboxylic acid groups (broad SMARTS) is 1. The Balaban J connectivity index is 1.79. The van der Waals surface area contributed by atoms with Crippen molar-refractivity contribution in [3.63, 3.8) is 0 Å². The van der Waals surface area contributed by atoms with Gasteiger partial charge in [0.25, 0.3) is 5.91 Å². The van der Waals surface area contributed by atoms with E-state index in [9.17, 15) is 9.59 Å². The summed E-state index contributed by atoms with van der Waals surface area (Å²) in [4.78, 5) is 23.3. The van der Waals surface area contributed by atoms with Gasteiger partial charge in [-0.05, 0) is 24.6 Å². The van der Waals surface area contributed by atoms with E-state index >= 15 is 0 Å². The van der Waals surface area contributed by atoms with E-state index in [1.165, 1.54) is 0 Å². The van der Waals surface area contributed by atoms with Crippen LogP contribution in [0.1, 0.15) is 23.2 Å². The van der Waals surface area contributed by atoms with E-state index in [2.05, 4.69) is 14.0 Å². The van der Waals surface area contributed by atoms with E-state index in [-0.39, 0.29) is 18.9 Å². The number of hydrogen-bond donors (Lipinski definition) is 2. The summed E-state index contributed by atoms with van der Waals surface area (Å²) in [6, 6.07) is 5.03. The highest BCUT2D eigenvalue weighted by Gasteiger charge is 2.38. The lowest BCUT2D eigenvalue weighted by Crippen LogP contribution is -2.50. The maximum atomic E-state index is 12.3. The van der Waals surface area contributed by atoms with Gasteiger partial charge in [-0.3, -0.25) is 9.59 Å². The van der Waals surface area contributed by atoms with E-state index < -0.39 is 11.5 Å². The van der Waals surface area contributed by atoms with Gasteiger partial charge < -0.3 is 15.2 Å². The van der Waals surface area contributed by atoms with Crippen molar-refractivity contribution in [2.24, 2.45) is 8.73 Å². The molecule has 1 atom stereocenters. The van der Waals surface area contributed by atoms with Crippen LogP contribution in [0.5, 0.6) is 0 Å². The van der Waals surface area contributed by atoms with Crippen molar-refractivity contribution in [3.8, 4) is 0 Å². The molecule has 21 heavy (non-hydrogen) atoms. The highest BCUT2D eigenvalue weighted by atomic mass is 32.1. The number of nitrogens with one attached hydrogen (secondary N) is 1. The van der Waals surface area contributed by atoms with Crippen LogP contribution in [0.15, 0.2) is 26.9 Å². The molecule has 7 nitrogen and oxygen atoms in total. The molecule has 0 bridgehead atoms. The van der Waals surface area contributed by atoms with E-state index in [0.717, 1.165) is 17.0 Å². The largest absolute Gasteiger partial charge is 0.481 e. The third kappa shape index (κ3) is 2.86. The number of aliphatic carboxylic acids is 1. The molecule has 1 amide bonds. The number of hydrogen-bond acceptors (Lipinski definition) is 5. The number of carbonyl (C=O) groups excluding carboxylic acids is 1. The minimum atomic E-state index is -0.958. The summed E-state index contributed by atoms with van der Waals surface area (Å²) in [5.74, 6) is -1.28. The third-order valence-corrected chi connectivity index (χ3v) is 4.04. The molecule has 0 aromatic heterocycles. The lowest BCUT2D eigenvalue weighted by atomic mass is 9.93. The Morgan fingerprint density at radius 2 is 2.19 bits per heavy atom. The molecule has 1 saturated heterocycles. The Hall–Kier alpha value is -2.06. The Bertz CT molecular complexity index is 676. The van der Waals surface area contributed by atoms with Gasteiger partial charge in [0.2, 0.25) is 0 Å². The summed E-state index contributed by atoms with van der Waals surface area (Å²) in [6.07, 6.45) is 0.338. The third-order valence-electron chi connectivity index (χ3n) is 3.49. The van der Waals surface area contributed by atoms with Gasteiger partial charge in [0.15, 0.2) is 0 Å². The normalized spacial score (nSPS) is 22.7. The molecule has 3 rings (SSSR count). The number of amides is 1. The zero-order valence-corrected chi connectivity index (χ0v) is 11.9. The fourth-order valence-corrected chi connectivity index (χ4v) is 2.93. The SMILES string of the molecule is O=C(O)CC1(NC(=O)c2ccc3c(c2)N=S=N3)CCOC1. The maximum absolute atomic E-state index is 12.3. The van der Waals surface area contributed by atoms with Gasteiger partial charge in [-0.25, -0.2) is 0 Å². The van der Waals surface area contributed by atoms with Gasteiger partial charge in [-0.1, -0.05) is 0 Å². The summed E-state index contributed by atoms with van der Waals surface area (Å²) in [6.45, 7) is 0.661. The smallest absolute Gasteiger partial charge is 0.305 e. The molecule has 2 aliphatic rings. The molecule has 2 N–H and O–H groups in total. The van der Waals surface area contributed by atoms with Crippen LogP contribution in [-0.2, 0) is 20.9 Å². The molecule has 2 aliphatic heterocycles. The molecule has 8 heteroatoms.